The largest absolute Gasteiger partial charge is 0.383 e. The lowest BCUT2D eigenvalue weighted by molar-refractivity contribution is -0.158. The lowest BCUT2D eigenvalue weighted by Gasteiger charge is -2.36. The summed E-state index contributed by atoms with van der Waals surface area (Å²) in [6, 6.07) is 7.29. The highest BCUT2D eigenvalue weighted by molar-refractivity contribution is 7.99. The summed E-state index contributed by atoms with van der Waals surface area (Å²) in [7, 11) is 0. The minimum atomic E-state index is -1.38. The Morgan fingerprint density at radius 2 is 1.83 bits per heavy atom. The number of amides is 3. The first-order chi connectivity index (χ1) is 14.1. The fourth-order valence-electron chi connectivity index (χ4n) is 3.40. The smallest absolute Gasteiger partial charge is 0.258 e. The average molecular weight is 436 g/mol. The molecule has 4 atom stereocenters. The van der Waals surface area contributed by atoms with Gasteiger partial charge in [-0.3, -0.25) is 19.3 Å². The number of nitrogens with one attached hydrogen (secondary N) is 1. The fraction of sp³-hybridized carbons (Fsp3) is 0.591. The number of aliphatic hydroxyl groups excluding tert-OH is 1. The molecule has 0 aliphatic carbocycles. The molecule has 4 N–H and O–H groups in total. The number of nitrogens with zero attached hydrogens (tertiary/aromatic N) is 1. The molecule has 8 heteroatoms. The van der Waals surface area contributed by atoms with Crippen LogP contribution in [0, 0.1) is 11.8 Å². The molecule has 2 rings (SSSR count). The molecule has 0 radical (unpaired) electrons. The van der Waals surface area contributed by atoms with Crippen molar-refractivity contribution in [1.29, 1.82) is 0 Å². The monoisotopic (exact) mass is 435 g/mol. The lowest BCUT2D eigenvalue weighted by Crippen LogP contribution is -2.60. The number of rotatable bonds is 7. The first-order valence-electron chi connectivity index (χ1n) is 10.4. The molecule has 7 nitrogen and oxygen atoms in total. The SMILES string of the molecule is CC(C)C[C@H](O)C(=O)N(C(=O)[C@@H](N)C(C)C)[C@@H]1C(=O)NCCS[C@@H]1c1ccccc1. The highest BCUT2D eigenvalue weighted by Gasteiger charge is 2.45. The predicted molar refractivity (Wildman–Crippen MR) is 119 cm³/mol. The summed E-state index contributed by atoms with van der Waals surface area (Å²) in [5.41, 5.74) is 6.95. The van der Waals surface area contributed by atoms with Crippen molar-refractivity contribution in [2.24, 2.45) is 17.6 Å². The highest BCUT2D eigenvalue weighted by Crippen LogP contribution is 2.37. The van der Waals surface area contributed by atoms with Gasteiger partial charge in [0.1, 0.15) is 12.1 Å². The third-order valence-corrected chi connectivity index (χ3v) is 6.45. The Kier molecular flexibility index (Phi) is 8.88. The average Bonchev–Trinajstić information content (AvgIpc) is 2.89. The van der Waals surface area contributed by atoms with E-state index in [1.165, 1.54) is 11.8 Å². The summed E-state index contributed by atoms with van der Waals surface area (Å²) in [6.45, 7) is 7.76. The van der Waals surface area contributed by atoms with Crippen molar-refractivity contribution < 1.29 is 19.5 Å². The number of imide groups is 1. The van der Waals surface area contributed by atoms with Crippen LogP contribution >= 0.6 is 11.8 Å². The molecule has 1 aromatic rings. The van der Waals surface area contributed by atoms with Crippen LogP contribution in [0.5, 0.6) is 0 Å². The van der Waals surface area contributed by atoms with Gasteiger partial charge in [0.25, 0.3) is 5.91 Å². The standard InChI is InChI=1S/C22H33N3O4S/c1-13(2)12-16(26)21(28)25(22(29)17(23)14(3)4)18-19(15-8-6-5-7-9-15)30-11-10-24-20(18)27/h5-9,13-14,16-19,26H,10-12,23H2,1-4H3,(H,24,27)/t16-,17-,18-,19+/m0/s1. The second-order valence-corrected chi connectivity index (χ2v) is 9.65. The zero-order chi connectivity index (χ0) is 22.4. The molecule has 0 aromatic heterocycles. The lowest BCUT2D eigenvalue weighted by atomic mass is 9.97. The van der Waals surface area contributed by atoms with Crippen LogP contribution in [0.1, 0.15) is 44.9 Å². The maximum absolute atomic E-state index is 13.3. The van der Waals surface area contributed by atoms with Gasteiger partial charge in [0, 0.05) is 12.3 Å². The zero-order valence-electron chi connectivity index (χ0n) is 18.1. The van der Waals surface area contributed by atoms with Crippen molar-refractivity contribution in [1.82, 2.24) is 10.2 Å². The van der Waals surface area contributed by atoms with Crippen LogP contribution in [-0.4, -0.2) is 58.2 Å². The molecule has 1 heterocycles. The van der Waals surface area contributed by atoms with Gasteiger partial charge in [0.15, 0.2) is 0 Å². The normalized spacial score (nSPS) is 21.7. The Morgan fingerprint density at radius 3 is 2.40 bits per heavy atom. The maximum Gasteiger partial charge on any atom is 0.258 e. The van der Waals surface area contributed by atoms with Crippen LogP contribution in [0.2, 0.25) is 0 Å². The first kappa shape index (κ1) is 24.4. The molecule has 0 spiro atoms. The van der Waals surface area contributed by atoms with Crippen LogP contribution in [0.4, 0.5) is 0 Å². The second-order valence-electron chi connectivity index (χ2n) is 8.40. The van der Waals surface area contributed by atoms with Crippen LogP contribution < -0.4 is 11.1 Å². The molecule has 1 saturated heterocycles. The van der Waals surface area contributed by atoms with Crippen molar-refractivity contribution in [2.75, 3.05) is 12.3 Å². The van der Waals surface area contributed by atoms with Crippen LogP contribution in [0.25, 0.3) is 0 Å². The van der Waals surface area contributed by atoms with E-state index in [2.05, 4.69) is 5.32 Å². The second kappa shape index (κ2) is 10.9. The molecular formula is C22H33N3O4S. The van der Waals surface area contributed by atoms with Gasteiger partial charge in [-0.1, -0.05) is 58.0 Å². The van der Waals surface area contributed by atoms with E-state index >= 15 is 0 Å². The zero-order valence-corrected chi connectivity index (χ0v) is 18.9. The van der Waals surface area contributed by atoms with E-state index in [1.807, 2.05) is 44.2 Å². The van der Waals surface area contributed by atoms with E-state index in [-0.39, 0.29) is 18.3 Å². The maximum atomic E-state index is 13.3. The van der Waals surface area contributed by atoms with Crippen LogP contribution in [0.15, 0.2) is 30.3 Å². The molecule has 0 saturated carbocycles. The van der Waals surface area contributed by atoms with E-state index in [0.717, 1.165) is 10.5 Å². The molecule has 3 amide bonds. The van der Waals surface area contributed by atoms with E-state index in [0.29, 0.717) is 12.3 Å². The number of thioether (sulfide) groups is 1. The van der Waals surface area contributed by atoms with Gasteiger partial charge in [-0.2, -0.15) is 0 Å². The van der Waals surface area contributed by atoms with Crippen molar-refractivity contribution in [3.05, 3.63) is 35.9 Å². The summed E-state index contributed by atoms with van der Waals surface area (Å²) < 4.78 is 0. The minimum Gasteiger partial charge on any atom is -0.383 e. The van der Waals surface area contributed by atoms with Crippen molar-refractivity contribution >= 4 is 29.5 Å². The summed E-state index contributed by atoms with van der Waals surface area (Å²) >= 11 is 1.51. The molecular weight excluding hydrogens is 402 g/mol. The van der Waals surface area contributed by atoms with Gasteiger partial charge in [-0.15, -0.1) is 11.8 Å². The number of aliphatic hydroxyl groups is 1. The molecule has 0 unspecified atom stereocenters. The topological polar surface area (TPSA) is 113 Å². The number of hydrogen-bond donors (Lipinski definition) is 3. The fourth-order valence-corrected chi connectivity index (χ4v) is 4.65. The summed E-state index contributed by atoms with van der Waals surface area (Å²) in [4.78, 5) is 40.6. The minimum absolute atomic E-state index is 0.0435. The Bertz CT molecular complexity index is 741. The molecule has 0 bridgehead atoms. The molecule has 1 fully saturated rings. The number of nitrogens with two attached hydrogens (primary N) is 1. The van der Waals surface area contributed by atoms with Gasteiger partial charge in [0.2, 0.25) is 11.8 Å². The van der Waals surface area contributed by atoms with Crippen molar-refractivity contribution in [3.63, 3.8) is 0 Å². The van der Waals surface area contributed by atoms with Crippen molar-refractivity contribution in [3.8, 4) is 0 Å². The predicted octanol–water partition coefficient (Wildman–Crippen LogP) is 1.70. The third-order valence-electron chi connectivity index (χ3n) is 5.12. The Morgan fingerprint density at radius 1 is 1.20 bits per heavy atom. The van der Waals surface area contributed by atoms with Gasteiger partial charge in [-0.05, 0) is 23.8 Å². The molecule has 166 valence electrons. The van der Waals surface area contributed by atoms with Gasteiger partial charge < -0.3 is 16.2 Å². The highest BCUT2D eigenvalue weighted by atomic mass is 32.2. The van der Waals surface area contributed by atoms with Crippen LogP contribution in [0.3, 0.4) is 0 Å². The first-order valence-corrected chi connectivity index (χ1v) is 11.4. The van der Waals surface area contributed by atoms with Gasteiger partial charge in [0.05, 0.1) is 11.3 Å². The Balaban J connectivity index is 2.54. The summed E-state index contributed by atoms with van der Waals surface area (Å²) in [5, 5.41) is 12.9. The van der Waals surface area contributed by atoms with Crippen LogP contribution in [-0.2, 0) is 14.4 Å². The van der Waals surface area contributed by atoms with Crippen molar-refractivity contribution in [2.45, 2.75) is 57.6 Å². The van der Waals surface area contributed by atoms with E-state index in [1.54, 1.807) is 13.8 Å². The third kappa shape index (κ3) is 5.83. The Labute approximate surface area is 182 Å². The molecule has 1 aromatic carbocycles. The number of benzene rings is 1. The molecule has 30 heavy (non-hydrogen) atoms. The molecule has 1 aliphatic heterocycles. The number of carbonyl (C=O) groups is 3. The van der Waals surface area contributed by atoms with Gasteiger partial charge in [-0.25, -0.2) is 0 Å². The number of carbonyl (C=O) groups excluding carboxylic acids is 3. The van der Waals surface area contributed by atoms with E-state index in [9.17, 15) is 19.5 Å². The quantitative estimate of drug-likeness (QED) is 0.601. The molecule has 1 aliphatic rings. The van der Waals surface area contributed by atoms with Gasteiger partial charge >= 0.3 is 0 Å². The van der Waals surface area contributed by atoms with E-state index in [4.69, 9.17) is 5.73 Å². The van der Waals surface area contributed by atoms with E-state index < -0.39 is 41.2 Å². The summed E-state index contributed by atoms with van der Waals surface area (Å²) in [5.74, 6) is -1.37. The number of hydrogen-bond acceptors (Lipinski definition) is 6. The summed E-state index contributed by atoms with van der Waals surface area (Å²) in [6.07, 6.45) is -1.19. The Hall–Kier alpha value is -1.90.